The molecule has 0 radical (unpaired) electrons. The van der Waals surface area contributed by atoms with Crippen molar-refractivity contribution in [3.63, 3.8) is 0 Å². The molecular formula is C17H26N4O9S. The van der Waals surface area contributed by atoms with Crippen LogP contribution < -0.4 is 16.4 Å². The number of carbonyl (C=O) groups excluding carboxylic acids is 3. The number of nitrogens with two attached hydrogens (primary N) is 1. The average Bonchev–Trinajstić information content (AvgIpc) is 3.18. The summed E-state index contributed by atoms with van der Waals surface area (Å²) in [6.45, 7) is 0.231. The molecule has 1 fully saturated rings. The summed E-state index contributed by atoms with van der Waals surface area (Å²) < 4.78 is 0. The summed E-state index contributed by atoms with van der Waals surface area (Å²) in [6, 6.07) is -5.00. The van der Waals surface area contributed by atoms with Crippen molar-refractivity contribution in [3.8, 4) is 0 Å². The Hall–Kier alpha value is -2.87. The Kier molecular flexibility index (Phi) is 10.2. The largest absolute Gasteiger partial charge is 0.481 e. The van der Waals surface area contributed by atoms with E-state index in [0.717, 1.165) is 0 Å². The summed E-state index contributed by atoms with van der Waals surface area (Å²) in [5.74, 6) is -6.51. The molecule has 1 aliphatic heterocycles. The normalized spacial score (nSPS) is 18.5. The van der Waals surface area contributed by atoms with Crippen LogP contribution in [-0.4, -0.2) is 92.3 Å². The molecule has 0 aromatic carbocycles. The molecule has 1 aliphatic rings. The fraction of sp³-hybridized carbons (Fsp3) is 0.647. The van der Waals surface area contributed by atoms with Crippen LogP contribution in [0.25, 0.3) is 0 Å². The molecule has 0 aromatic heterocycles. The molecule has 0 bridgehead atoms. The van der Waals surface area contributed by atoms with Crippen molar-refractivity contribution in [2.24, 2.45) is 5.73 Å². The Bertz CT molecular complexity index is 732. The maximum absolute atomic E-state index is 12.7. The highest BCUT2D eigenvalue weighted by molar-refractivity contribution is 7.80. The molecular weight excluding hydrogens is 436 g/mol. The van der Waals surface area contributed by atoms with Crippen molar-refractivity contribution in [3.05, 3.63) is 0 Å². The number of thiol groups is 1. The van der Waals surface area contributed by atoms with Gasteiger partial charge in [0.05, 0.1) is 12.5 Å². The lowest BCUT2D eigenvalue weighted by Crippen LogP contribution is -2.57. The molecule has 14 heteroatoms. The quantitative estimate of drug-likeness (QED) is 0.153. The molecule has 1 saturated heterocycles. The van der Waals surface area contributed by atoms with Crippen LogP contribution >= 0.6 is 12.6 Å². The summed E-state index contributed by atoms with van der Waals surface area (Å²) in [5, 5.41) is 30.9. The van der Waals surface area contributed by atoms with Crippen LogP contribution in [0.3, 0.4) is 0 Å². The van der Waals surface area contributed by atoms with Crippen LogP contribution in [0, 0.1) is 0 Å². The minimum Gasteiger partial charge on any atom is -0.481 e. The van der Waals surface area contributed by atoms with Gasteiger partial charge < -0.3 is 36.6 Å². The fourth-order valence-corrected chi connectivity index (χ4v) is 3.28. The number of amides is 3. The number of carboxylic acids is 3. The molecule has 174 valence electrons. The summed E-state index contributed by atoms with van der Waals surface area (Å²) in [5.41, 5.74) is 5.74. The van der Waals surface area contributed by atoms with E-state index in [1.807, 2.05) is 5.32 Å². The lowest BCUT2D eigenvalue weighted by atomic mass is 10.1. The van der Waals surface area contributed by atoms with Crippen LogP contribution in [0.1, 0.15) is 32.1 Å². The summed E-state index contributed by atoms with van der Waals surface area (Å²) >= 11 is 3.96. The molecule has 31 heavy (non-hydrogen) atoms. The first-order chi connectivity index (χ1) is 14.5. The molecule has 13 nitrogen and oxygen atoms in total. The number of nitrogens with zero attached hydrogens (tertiary/aromatic N) is 1. The second kappa shape index (κ2) is 12.1. The zero-order valence-corrected chi connectivity index (χ0v) is 17.4. The minimum absolute atomic E-state index is 0.0964. The number of hydrogen-bond donors (Lipinski definition) is 7. The van der Waals surface area contributed by atoms with Crippen molar-refractivity contribution in [1.82, 2.24) is 15.5 Å². The monoisotopic (exact) mass is 462 g/mol. The molecule has 1 rings (SSSR count). The SMILES string of the molecule is NC(CCC(=O)O)C(=O)N1CCCC1C(=O)NC(CS)C(=O)NC(CC(=O)O)C(=O)O. The standard InChI is InChI=1S/C17H26N4O9S/c18-8(3-4-12(22)23)16(28)21-5-1-2-11(21)15(27)20-10(7-31)14(26)19-9(17(29)30)6-13(24)25/h8-11,31H,1-7,18H2,(H,19,26)(H,20,27)(H,22,23)(H,24,25)(H,29,30). The van der Waals surface area contributed by atoms with Crippen molar-refractivity contribution in [2.75, 3.05) is 12.3 Å². The van der Waals surface area contributed by atoms with E-state index in [2.05, 4.69) is 17.9 Å². The molecule has 3 amide bonds. The van der Waals surface area contributed by atoms with Gasteiger partial charge in [0.25, 0.3) is 0 Å². The lowest BCUT2D eigenvalue weighted by molar-refractivity contribution is -0.147. The highest BCUT2D eigenvalue weighted by Gasteiger charge is 2.37. The average molecular weight is 462 g/mol. The topological polar surface area (TPSA) is 216 Å². The number of rotatable bonds is 12. The molecule has 1 heterocycles. The number of nitrogens with one attached hydrogen (secondary N) is 2. The van der Waals surface area contributed by atoms with E-state index in [1.165, 1.54) is 4.90 Å². The van der Waals surface area contributed by atoms with Crippen molar-refractivity contribution in [2.45, 2.75) is 56.3 Å². The summed E-state index contributed by atoms with van der Waals surface area (Å²) in [6.07, 6.45) is -0.470. The van der Waals surface area contributed by atoms with Gasteiger partial charge in [-0.2, -0.15) is 12.6 Å². The van der Waals surface area contributed by atoms with E-state index >= 15 is 0 Å². The number of carboxylic acid groups (broad SMARTS) is 3. The zero-order valence-electron chi connectivity index (χ0n) is 16.5. The Morgan fingerprint density at radius 1 is 1.03 bits per heavy atom. The highest BCUT2D eigenvalue weighted by Crippen LogP contribution is 2.19. The molecule has 7 N–H and O–H groups in total. The van der Waals surface area contributed by atoms with Crippen molar-refractivity contribution in [1.29, 1.82) is 0 Å². The van der Waals surface area contributed by atoms with E-state index < -0.39 is 66.2 Å². The molecule has 4 unspecified atom stereocenters. The maximum Gasteiger partial charge on any atom is 0.326 e. The number of likely N-dealkylation sites (tertiary alicyclic amines) is 1. The van der Waals surface area contributed by atoms with Gasteiger partial charge in [-0.15, -0.1) is 0 Å². The zero-order chi connectivity index (χ0) is 23.7. The van der Waals surface area contributed by atoms with Crippen LogP contribution in [0.4, 0.5) is 0 Å². The Morgan fingerprint density at radius 2 is 1.68 bits per heavy atom. The lowest BCUT2D eigenvalue weighted by Gasteiger charge is -2.28. The predicted molar refractivity (Wildman–Crippen MR) is 107 cm³/mol. The van der Waals surface area contributed by atoms with Gasteiger partial charge >= 0.3 is 17.9 Å². The Morgan fingerprint density at radius 3 is 2.19 bits per heavy atom. The third-order valence-electron chi connectivity index (χ3n) is 4.63. The molecule has 0 aromatic rings. The first-order valence-corrected chi connectivity index (χ1v) is 10.0. The maximum atomic E-state index is 12.7. The van der Waals surface area contributed by atoms with Gasteiger partial charge in [0.15, 0.2) is 0 Å². The minimum atomic E-state index is -1.69. The van der Waals surface area contributed by atoms with Gasteiger partial charge in [0.2, 0.25) is 17.7 Å². The fourth-order valence-electron chi connectivity index (χ4n) is 3.03. The van der Waals surface area contributed by atoms with Crippen LogP contribution in [0.15, 0.2) is 0 Å². The van der Waals surface area contributed by atoms with Crippen LogP contribution in [0.5, 0.6) is 0 Å². The van der Waals surface area contributed by atoms with Gasteiger partial charge in [-0.05, 0) is 19.3 Å². The van der Waals surface area contributed by atoms with Gasteiger partial charge in [-0.3, -0.25) is 24.0 Å². The predicted octanol–water partition coefficient (Wildman–Crippen LogP) is -2.37. The number of hydrogen-bond acceptors (Lipinski definition) is 8. The Balaban J connectivity index is 2.78. The van der Waals surface area contributed by atoms with Crippen molar-refractivity contribution >= 4 is 48.3 Å². The van der Waals surface area contributed by atoms with E-state index in [9.17, 15) is 28.8 Å². The van der Waals surface area contributed by atoms with Gasteiger partial charge in [-0.25, -0.2) is 4.79 Å². The molecule has 0 saturated carbocycles. The van der Waals surface area contributed by atoms with Crippen LogP contribution in [-0.2, 0) is 28.8 Å². The Labute approximate surface area is 182 Å². The first kappa shape index (κ1) is 26.2. The highest BCUT2D eigenvalue weighted by atomic mass is 32.1. The second-order valence-corrected chi connectivity index (χ2v) is 7.33. The number of carbonyl (C=O) groups is 6. The first-order valence-electron chi connectivity index (χ1n) is 9.42. The van der Waals surface area contributed by atoms with Gasteiger partial charge in [0, 0.05) is 18.7 Å². The second-order valence-electron chi connectivity index (χ2n) is 6.97. The third kappa shape index (κ3) is 8.05. The molecule has 4 atom stereocenters. The summed E-state index contributed by atoms with van der Waals surface area (Å²) in [4.78, 5) is 71.2. The van der Waals surface area contributed by atoms with E-state index in [4.69, 9.17) is 21.1 Å². The van der Waals surface area contributed by atoms with E-state index in [-0.39, 0.29) is 25.1 Å². The smallest absolute Gasteiger partial charge is 0.326 e. The molecule has 0 spiro atoms. The van der Waals surface area contributed by atoms with Crippen LogP contribution in [0.2, 0.25) is 0 Å². The number of aliphatic carboxylic acids is 3. The van der Waals surface area contributed by atoms with Gasteiger partial charge in [-0.1, -0.05) is 0 Å². The summed E-state index contributed by atoms with van der Waals surface area (Å²) in [7, 11) is 0. The van der Waals surface area contributed by atoms with E-state index in [0.29, 0.717) is 12.8 Å². The molecule has 0 aliphatic carbocycles. The van der Waals surface area contributed by atoms with E-state index in [1.54, 1.807) is 0 Å². The van der Waals surface area contributed by atoms with Gasteiger partial charge in [0.1, 0.15) is 18.1 Å². The third-order valence-corrected chi connectivity index (χ3v) is 5.00. The van der Waals surface area contributed by atoms with Crippen molar-refractivity contribution < 1.29 is 44.1 Å².